The molecule has 2 rings (SSSR count). The van der Waals surface area contributed by atoms with Gasteiger partial charge in [-0.1, -0.05) is 6.42 Å². The molecule has 4 nitrogen and oxygen atoms in total. The normalized spacial score (nSPS) is 16.0. The van der Waals surface area contributed by atoms with Gasteiger partial charge >= 0.3 is 0 Å². The first kappa shape index (κ1) is 13.4. The highest BCUT2D eigenvalue weighted by Crippen LogP contribution is 2.29. The third-order valence-electron chi connectivity index (χ3n) is 3.60. The number of rotatable bonds is 5. The molecule has 0 spiro atoms. The van der Waals surface area contributed by atoms with Crippen molar-refractivity contribution in [3.8, 4) is 11.8 Å². The van der Waals surface area contributed by atoms with Gasteiger partial charge in [-0.05, 0) is 49.9 Å². The van der Waals surface area contributed by atoms with Crippen LogP contribution in [0.15, 0.2) is 24.3 Å². The molecule has 0 radical (unpaired) electrons. The molecule has 1 aromatic rings. The van der Waals surface area contributed by atoms with Crippen LogP contribution in [0.25, 0.3) is 0 Å². The Bertz CT molecular complexity index is 472. The van der Waals surface area contributed by atoms with Crippen molar-refractivity contribution in [1.29, 1.82) is 5.26 Å². The summed E-state index contributed by atoms with van der Waals surface area (Å²) in [5.41, 5.74) is 0.579. The summed E-state index contributed by atoms with van der Waals surface area (Å²) in [6, 6.07) is 9.00. The van der Waals surface area contributed by atoms with Crippen LogP contribution < -0.4 is 10.1 Å². The maximum absolute atomic E-state index is 11.7. The van der Waals surface area contributed by atoms with Crippen LogP contribution >= 0.6 is 0 Å². The van der Waals surface area contributed by atoms with E-state index in [2.05, 4.69) is 5.32 Å². The molecule has 19 heavy (non-hydrogen) atoms. The maximum Gasteiger partial charge on any atom is 0.258 e. The van der Waals surface area contributed by atoms with Crippen molar-refractivity contribution >= 4 is 5.91 Å². The quantitative estimate of drug-likeness (QED) is 0.881. The second kappa shape index (κ2) is 6.24. The molecule has 1 fully saturated rings. The van der Waals surface area contributed by atoms with Gasteiger partial charge in [0.05, 0.1) is 11.6 Å². The number of nitrogens with zero attached hydrogens (tertiary/aromatic N) is 1. The summed E-state index contributed by atoms with van der Waals surface area (Å²) in [5.74, 6) is 1.13. The molecule has 1 amide bonds. The van der Waals surface area contributed by atoms with Gasteiger partial charge in [0.1, 0.15) is 5.75 Å². The molecule has 1 aliphatic carbocycles. The zero-order valence-corrected chi connectivity index (χ0v) is 11.1. The van der Waals surface area contributed by atoms with Gasteiger partial charge in [0.25, 0.3) is 5.91 Å². The van der Waals surface area contributed by atoms with Crippen LogP contribution in [0.3, 0.4) is 0 Å². The van der Waals surface area contributed by atoms with E-state index in [1.807, 2.05) is 13.0 Å². The van der Waals surface area contributed by atoms with Crippen LogP contribution in [0.2, 0.25) is 0 Å². The summed E-state index contributed by atoms with van der Waals surface area (Å²) in [6.07, 6.45) is 3.68. The SMILES string of the molecule is CC(NC(=O)COc1ccc(C#N)cc1)C1CCC1. The lowest BCUT2D eigenvalue weighted by Crippen LogP contribution is -2.42. The fourth-order valence-electron chi connectivity index (χ4n) is 2.13. The smallest absolute Gasteiger partial charge is 0.258 e. The molecule has 1 N–H and O–H groups in total. The first-order valence-electron chi connectivity index (χ1n) is 6.61. The second-order valence-corrected chi connectivity index (χ2v) is 4.97. The zero-order chi connectivity index (χ0) is 13.7. The van der Waals surface area contributed by atoms with Crippen molar-refractivity contribution in [2.75, 3.05) is 6.61 Å². The number of nitriles is 1. The van der Waals surface area contributed by atoms with Crippen LogP contribution in [0, 0.1) is 17.2 Å². The third-order valence-corrected chi connectivity index (χ3v) is 3.60. The van der Waals surface area contributed by atoms with Gasteiger partial charge < -0.3 is 10.1 Å². The number of carbonyl (C=O) groups excluding carboxylic acids is 1. The first-order valence-corrected chi connectivity index (χ1v) is 6.61. The molecule has 1 saturated carbocycles. The molecule has 0 saturated heterocycles. The van der Waals surface area contributed by atoms with E-state index < -0.39 is 0 Å². The molecule has 0 aromatic heterocycles. The molecule has 1 aromatic carbocycles. The fourth-order valence-corrected chi connectivity index (χ4v) is 2.13. The average molecular weight is 258 g/mol. The Labute approximate surface area is 113 Å². The number of hydrogen-bond donors (Lipinski definition) is 1. The minimum atomic E-state index is -0.0937. The highest BCUT2D eigenvalue weighted by Gasteiger charge is 2.24. The number of ether oxygens (including phenoxy) is 1. The molecule has 4 heteroatoms. The van der Waals surface area contributed by atoms with E-state index in [4.69, 9.17) is 10.00 Å². The molecule has 1 aliphatic rings. The second-order valence-electron chi connectivity index (χ2n) is 4.97. The zero-order valence-electron chi connectivity index (χ0n) is 11.1. The lowest BCUT2D eigenvalue weighted by molar-refractivity contribution is -0.124. The van der Waals surface area contributed by atoms with Crippen LogP contribution in [0.1, 0.15) is 31.7 Å². The summed E-state index contributed by atoms with van der Waals surface area (Å²) >= 11 is 0. The Morgan fingerprint density at radius 2 is 2.16 bits per heavy atom. The number of carbonyl (C=O) groups is 1. The standard InChI is InChI=1S/C15H18N2O2/c1-11(13-3-2-4-13)17-15(18)10-19-14-7-5-12(9-16)6-8-14/h5-8,11,13H,2-4,10H2,1H3,(H,17,18). The summed E-state index contributed by atoms with van der Waals surface area (Å²) in [5, 5.41) is 11.6. The molecule has 100 valence electrons. The molecule has 0 bridgehead atoms. The monoisotopic (exact) mass is 258 g/mol. The Kier molecular flexibility index (Phi) is 4.40. The number of benzene rings is 1. The Hall–Kier alpha value is -2.02. The van der Waals surface area contributed by atoms with Crippen molar-refractivity contribution < 1.29 is 9.53 Å². The predicted molar refractivity (Wildman–Crippen MR) is 71.6 cm³/mol. The maximum atomic E-state index is 11.7. The van der Waals surface area contributed by atoms with Crippen LogP contribution in [0.4, 0.5) is 0 Å². The van der Waals surface area contributed by atoms with Crippen molar-refractivity contribution in [2.45, 2.75) is 32.2 Å². The largest absolute Gasteiger partial charge is 0.484 e. The van der Waals surface area contributed by atoms with Crippen molar-refractivity contribution in [3.63, 3.8) is 0 Å². The summed E-state index contributed by atoms with van der Waals surface area (Å²) < 4.78 is 5.38. The molecule has 0 aliphatic heterocycles. The average Bonchev–Trinajstić information content (AvgIpc) is 2.34. The van der Waals surface area contributed by atoms with E-state index in [-0.39, 0.29) is 18.6 Å². The molecular formula is C15H18N2O2. The lowest BCUT2D eigenvalue weighted by atomic mass is 9.80. The summed E-state index contributed by atoms with van der Waals surface area (Å²) in [4.78, 5) is 11.7. The van der Waals surface area contributed by atoms with E-state index in [0.29, 0.717) is 17.2 Å². The fraction of sp³-hybridized carbons (Fsp3) is 0.467. The van der Waals surface area contributed by atoms with E-state index in [1.54, 1.807) is 24.3 Å². The van der Waals surface area contributed by atoms with Crippen molar-refractivity contribution in [3.05, 3.63) is 29.8 Å². The van der Waals surface area contributed by atoms with Gasteiger partial charge in [0, 0.05) is 6.04 Å². The molecule has 1 atom stereocenters. The third kappa shape index (κ3) is 3.72. The van der Waals surface area contributed by atoms with Gasteiger partial charge in [0.15, 0.2) is 6.61 Å². The number of hydrogen-bond acceptors (Lipinski definition) is 3. The van der Waals surface area contributed by atoms with E-state index >= 15 is 0 Å². The van der Waals surface area contributed by atoms with Gasteiger partial charge in [-0.3, -0.25) is 4.79 Å². The Balaban J connectivity index is 1.74. The predicted octanol–water partition coefficient (Wildman–Crippen LogP) is 2.24. The Morgan fingerprint density at radius 3 is 2.68 bits per heavy atom. The minimum Gasteiger partial charge on any atom is -0.484 e. The lowest BCUT2D eigenvalue weighted by Gasteiger charge is -2.31. The number of nitrogens with one attached hydrogen (secondary N) is 1. The van der Waals surface area contributed by atoms with E-state index in [9.17, 15) is 4.79 Å². The summed E-state index contributed by atoms with van der Waals surface area (Å²) in [6.45, 7) is 2.06. The van der Waals surface area contributed by atoms with E-state index in [0.717, 1.165) is 0 Å². The van der Waals surface area contributed by atoms with E-state index in [1.165, 1.54) is 19.3 Å². The van der Waals surface area contributed by atoms with Crippen molar-refractivity contribution in [1.82, 2.24) is 5.32 Å². The Morgan fingerprint density at radius 1 is 1.47 bits per heavy atom. The minimum absolute atomic E-state index is 0.0168. The summed E-state index contributed by atoms with van der Waals surface area (Å²) in [7, 11) is 0. The van der Waals surface area contributed by atoms with Crippen molar-refractivity contribution in [2.24, 2.45) is 5.92 Å². The van der Waals surface area contributed by atoms with Crippen LogP contribution in [0.5, 0.6) is 5.75 Å². The number of amides is 1. The highest BCUT2D eigenvalue weighted by molar-refractivity contribution is 5.77. The van der Waals surface area contributed by atoms with Gasteiger partial charge in [-0.2, -0.15) is 5.26 Å². The van der Waals surface area contributed by atoms with Crippen LogP contribution in [-0.4, -0.2) is 18.6 Å². The van der Waals surface area contributed by atoms with Gasteiger partial charge in [-0.25, -0.2) is 0 Å². The highest BCUT2D eigenvalue weighted by atomic mass is 16.5. The molecule has 1 unspecified atom stereocenters. The molecule has 0 heterocycles. The van der Waals surface area contributed by atoms with Crippen LogP contribution in [-0.2, 0) is 4.79 Å². The first-order chi connectivity index (χ1) is 9.19. The van der Waals surface area contributed by atoms with Gasteiger partial charge in [0.2, 0.25) is 0 Å². The van der Waals surface area contributed by atoms with Gasteiger partial charge in [-0.15, -0.1) is 0 Å². The molecular weight excluding hydrogens is 240 g/mol. The topological polar surface area (TPSA) is 62.1 Å².